The van der Waals surface area contributed by atoms with Crippen molar-refractivity contribution in [2.45, 2.75) is 46.1 Å². The molecule has 4 aromatic rings. The number of rotatable bonds is 15. The fourth-order valence-electron chi connectivity index (χ4n) is 3.71. The molecule has 2 heterocycles. The van der Waals surface area contributed by atoms with E-state index in [0.717, 1.165) is 16.7 Å². The summed E-state index contributed by atoms with van der Waals surface area (Å²) in [6.45, 7) is 5.07. The zero-order chi connectivity index (χ0) is 27.7. The van der Waals surface area contributed by atoms with Crippen LogP contribution in [0, 0.1) is 6.92 Å². The molecule has 208 valence electrons. The molecule has 2 aromatic heterocycles. The highest BCUT2D eigenvalue weighted by atomic mass is 31.2. The number of aromatic nitrogens is 4. The molecule has 0 aliphatic heterocycles. The molecular formula is C27H34N5O6P. The van der Waals surface area contributed by atoms with Gasteiger partial charge in [-0.2, -0.15) is 4.98 Å². The van der Waals surface area contributed by atoms with Crippen molar-refractivity contribution < 1.29 is 23.1 Å². The van der Waals surface area contributed by atoms with E-state index in [1.807, 2.05) is 68.4 Å². The Kier molecular flexibility index (Phi) is 10.0. The Balaban J connectivity index is 1.36. The summed E-state index contributed by atoms with van der Waals surface area (Å²) < 4.78 is 38.7. The lowest BCUT2D eigenvalue weighted by Crippen LogP contribution is -2.19. The largest absolute Gasteiger partial charge is 0.371 e. The predicted octanol–water partition coefficient (Wildman–Crippen LogP) is 4.41. The standard InChI is InChI=1S/C27H34N5O6P/c1-3-23(36-15-21-7-5-4-6-8-21)17-38-39(34,37-16-22-11-9-20(2)10-12-22)19-35-14-13-32-18-29-24-25(32)30-27(28)31-26(24)33/h4-12,18,23H,3,13-17,19H2,1-2H3,(H3,28,30,31,33). The molecular weight excluding hydrogens is 521 g/mol. The Morgan fingerprint density at radius 3 is 2.54 bits per heavy atom. The maximum atomic E-state index is 13.7. The third-order valence-electron chi connectivity index (χ3n) is 6.01. The molecule has 0 aliphatic rings. The summed E-state index contributed by atoms with van der Waals surface area (Å²) in [5, 5.41) is 0. The average Bonchev–Trinajstić information content (AvgIpc) is 3.34. The van der Waals surface area contributed by atoms with E-state index in [-0.39, 0.29) is 43.7 Å². The van der Waals surface area contributed by atoms with Crippen LogP contribution in [-0.4, -0.2) is 45.2 Å². The van der Waals surface area contributed by atoms with Gasteiger partial charge in [-0.05, 0) is 24.5 Å². The molecule has 12 heteroatoms. The lowest BCUT2D eigenvalue weighted by Gasteiger charge is -2.22. The molecule has 0 spiro atoms. The fourth-order valence-corrected chi connectivity index (χ4v) is 5.03. The first-order chi connectivity index (χ1) is 18.8. The summed E-state index contributed by atoms with van der Waals surface area (Å²) in [6.07, 6.45) is 1.63. The predicted molar refractivity (Wildman–Crippen MR) is 148 cm³/mol. The highest BCUT2D eigenvalue weighted by molar-refractivity contribution is 7.53. The minimum Gasteiger partial charge on any atom is -0.371 e. The number of nitrogens with one attached hydrogen (secondary N) is 1. The van der Waals surface area contributed by atoms with Crippen LogP contribution in [0.5, 0.6) is 0 Å². The molecule has 0 radical (unpaired) electrons. The first-order valence-corrected chi connectivity index (χ1v) is 14.5. The maximum Gasteiger partial charge on any atom is 0.356 e. The number of H-pyrrole nitrogens is 1. The van der Waals surface area contributed by atoms with Crippen molar-refractivity contribution in [3.05, 3.63) is 88.0 Å². The van der Waals surface area contributed by atoms with Crippen LogP contribution in [0.25, 0.3) is 11.2 Å². The van der Waals surface area contributed by atoms with E-state index in [4.69, 9.17) is 24.3 Å². The van der Waals surface area contributed by atoms with Crippen LogP contribution in [0.1, 0.15) is 30.0 Å². The number of fused-ring (bicyclic) bond motifs is 1. The van der Waals surface area contributed by atoms with Crippen LogP contribution in [0.4, 0.5) is 5.95 Å². The lowest BCUT2D eigenvalue weighted by molar-refractivity contribution is 0.000172. The van der Waals surface area contributed by atoms with Gasteiger partial charge in [-0.3, -0.25) is 14.3 Å². The highest BCUT2D eigenvalue weighted by Gasteiger charge is 2.27. The van der Waals surface area contributed by atoms with Gasteiger partial charge in [0.05, 0.1) is 38.9 Å². The van der Waals surface area contributed by atoms with Gasteiger partial charge >= 0.3 is 7.60 Å². The Morgan fingerprint density at radius 2 is 1.79 bits per heavy atom. The van der Waals surface area contributed by atoms with Crippen LogP contribution in [0.3, 0.4) is 0 Å². The molecule has 2 unspecified atom stereocenters. The van der Waals surface area contributed by atoms with Gasteiger partial charge in [0.25, 0.3) is 5.56 Å². The SMILES string of the molecule is CCC(COP(=O)(COCCn1cnc2c(=O)[nH]c(N)nc21)OCc1ccc(C)cc1)OCc1ccccc1. The zero-order valence-electron chi connectivity index (χ0n) is 22.1. The highest BCUT2D eigenvalue weighted by Crippen LogP contribution is 2.49. The third-order valence-corrected chi connectivity index (χ3v) is 7.57. The van der Waals surface area contributed by atoms with Crippen molar-refractivity contribution in [2.24, 2.45) is 0 Å². The number of nitrogens with two attached hydrogens (primary N) is 1. The van der Waals surface area contributed by atoms with Gasteiger partial charge < -0.3 is 28.8 Å². The number of hydrogen-bond donors (Lipinski definition) is 2. The van der Waals surface area contributed by atoms with Crippen LogP contribution in [0.15, 0.2) is 65.7 Å². The Bertz CT molecular complexity index is 1440. The van der Waals surface area contributed by atoms with Crippen LogP contribution < -0.4 is 11.3 Å². The van der Waals surface area contributed by atoms with Crippen molar-refractivity contribution in [3.63, 3.8) is 0 Å². The van der Waals surface area contributed by atoms with Gasteiger partial charge in [0, 0.05) is 6.54 Å². The number of anilines is 1. The first kappa shape index (κ1) is 28.7. The van der Waals surface area contributed by atoms with Crippen molar-refractivity contribution in [1.82, 2.24) is 19.5 Å². The smallest absolute Gasteiger partial charge is 0.356 e. The van der Waals surface area contributed by atoms with Crippen molar-refractivity contribution in [2.75, 3.05) is 25.3 Å². The molecule has 39 heavy (non-hydrogen) atoms. The van der Waals surface area contributed by atoms with Gasteiger partial charge in [0.1, 0.15) is 6.35 Å². The van der Waals surface area contributed by atoms with Crippen LogP contribution >= 0.6 is 7.60 Å². The summed E-state index contributed by atoms with van der Waals surface area (Å²) in [4.78, 5) is 22.6. The van der Waals surface area contributed by atoms with Crippen LogP contribution in [-0.2, 0) is 42.8 Å². The molecule has 11 nitrogen and oxygen atoms in total. The van der Waals surface area contributed by atoms with E-state index in [1.165, 1.54) is 6.33 Å². The normalized spacial score (nSPS) is 13.9. The first-order valence-electron chi connectivity index (χ1n) is 12.7. The Morgan fingerprint density at radius 1 is 1.05 bits per heavy atom. The molecule has 0 aliphatic carbocycles. The minimum absolute atomic E-state index is 0.00228. The van der Waals surface area contributed by atoms with E-state index >= 15 is 0 Å². The molecule has 2 atom stereocenters. The van der Waals surface area contributed by atoms with Gasteiger partial charge in [0.2, 0.25) is 5.95 Å². The second-order valence-electron chi connectivity index (χ2n) is 9.09. The monoisotopic (exact) mass is 555 g/mol. The van der Waals surface area contributed by atoms with Gasteiger partial charge in [-0.1, -0.05) is 67.1 Å². The average molecular weight is 556 g/mol. The molecule has 0 bridgehead atoms. The van der Waals surface area contributed by atoms with E-state index in [2.05, 4.69) is 15.0 Å². The summed E-state index contributed by atoms with van der Waals surface area (Å²) >= 11 is 0. The molecule has 0 fully saturated rings. The minimum atomic E-state index is -3.65. The summed E-state index contributed by atoms with van der Waals surface area (Å²) in [5.74, 6) is -0.00228. The van der Waals surface area contributed by atoms with Gasteiger partial charge in [-0.25, -0.2) is 4.98 Å². The van der Waals surface area contributed by atoms with Crippen molar-refractivity contribution in [3.8, 4) is 0 Å². The van der Waals surface area contributed by atoms with Crippen molar-refractivity contribution >= 4 is 24.7 Å². The van der Waals surface area contributed by atoms with Crippen LogP contribution in [0.2, 0.25) is 0 Å². The van der Waals surface area contributed by atoms with E-state index in [0.29, 0.717) is 25.2 Å². The third kappa shape index (κ3) is 8.32. The van der Waals surface area contributed by atoms with E-state index in [1.54, 1.807) is 4.57 Å². The maximum absolute atomic E-state index is 13.7. The fraction of sp³-hybridized carbons (Fsp3) is 0.370. The number of ether oxygens (including phenoxy) is 2. The molecule has 0 amide bonds. The number of nitrogen functional groups attached to an aromatic ring is 1. The molecule has 0 saturated heterocycles. The van der Waals surface area contributed by atoms with E-state index in [9.17, 15) is 9.36 Å². The number of imidazole rings is 1. The summed E-state index contributed by atoms with van der Waals surface area (Å²) in [6, 6.07) is 17.6. The second kappa shape index (κ2) is 13.6. The number of benzene rings is 2. The zero-order valence-corrected chi connectivity index (χ0v) is 23.0. The second-order valence-corrected chi connectivity index (χ2v) is 11.1. The van der Waals surface area contributed by atoms with Gasteiger partial charge in [-0.15, -0.1) is 0 Å². The quantitative estimate of drug-likeness (QED) is 0.161. The number of hydrogen-bond acceptors (Lipinski definition) is 9. The van der Waals surface area contributed by atoms with Gasteiger partial charge in [0.15, 0.2) is 11.2 Å². The Hall–Kier alpha value is -3.34. The number of aromatic amines is 1. The summed E-state index contributed by atoms with van der Waals surface area (Å²) in [5.41, 5.74) is 8.80. The number of aryl methyl sites for hydroxylation is 1. The molecule has 4 rings (SSSR count). The molecule has 3 N–H and O–H groups in total. The molecule has 2 aromatic carbocycles. The number of nitrogens with zero attached hydrogens (tertiary/aromatic N) is 3. The topological polar surface area (TPSA) is 144 Å². The lowest BCUT2D eigenvalue weighted by atomic mass is 10.2. The van der Waals surface area contributed by atoms with Crippen molar-refractivity contribution in [1.29, 1.82) is 0 Å². The molecule has 0 saturated carbocycles. The van der Waals surface area contributed by atoms with E-state index < -0.39 is 13.2 Å². The summed E-state index contributed by atoms with van der Waals surface area (Å²) in [7, 11) is -3.65. The Labute approximate surface area is 226 Å².